The summed E-state index contributed by atoms with van der Waals surface area (Å²) < 4.78 is 22.7. The fraction of sp³-hybridized carbons (Fsp3) is 1.00. The molecular weight excluding hydrogens is 144 g/mol. The standard InChI is InChI=1S/C3H10O3SSi/c1-8(2,3)6-7(4)5/h1-3H3,(H,4,5). The van der Waals surface area contributed by atoms with E-state index < -0.39 is 19.7 Å². The number of hydrogen-bond acceptors (Lipinski definition) is 2. The summed E-state index contributed by atoms with van der Waals surface area (Å²) in [4.78, 5) is 0. The molecule has 0 saturated heterocycles. The molecule has 0 aromatic rings. The minimum atomic E-state index is -2.07. The van der Waals surface area contributed by atoms with E-state index in [0.29, 0.717) is 0 Å². The molecule has 1 atom stereocenters. The Morgan fingerprint density at radius 3 is 1.88 bits per heavy atom. The molecular formula is C3H10O3SSi. The molecule has 0 aliphatic rings. The molecule has 0 bridgehead atoms. The summed E-state index contributed by atoms with van der Waals surface area (Å²) >= 11 is -2.07. The van der Waals surface area contributed by atoms with E-state index >= 15 is 0 Å². The van der Waals surface area contributed by atoms with Crippen LogP contribution in [0.1, 0.15) is 0 Å². The van der Waals surface area contributed by atoms with Crippen LogP contribution < -0.4 is 0 Å². The van der Waals surface area contributed by atoms with Crippen molar-refractivity contribution in [3.8, 4) is 0 Å². The maximum Gasteiger partial charge on any atom is 0.291 e. The average molecular weight is 154 g/mol. The molecule has 5 heteroatoms. The molecule has 0 aromatic carbocycles. The Balaban J connectivity index is 3.55. The third-order valence-electron chi connectivity index (χ3n) is 0.321. The van der Waals surface area contributed by atoms with Crippen molar-refractivity contribution in [1.82, 2.24) is 0 Å². The minimum Gasteiger partial charge on any atom is -0.314 e. The van der Waals surface area contributed by atoms with E-state index in [2.05, 4.69) is 3.87 Å². The van der Waals surface area contributed by atoms with E-state index in [0.717, 1.165) is 0 Å². The van der Waals surface area contributed by atoms with E-state index in [9.17, 15) is 4.21 Å². The Hall–Kier alpha value is 0.287. The van der Waals surface area contributed by atoms with Gasteiger partial charge in [-0.05, 0) is 19.6 Å². The van der Waals surface area contributed by atoms with Crippen molar-refractivity contribution < 1.29 is 12.6 Å². The second kappa shape index (κ2) is 2.72. The van der Waals surface area contributed by atoms with Crippen LogP contribution in [0.25, 0.3) is 0 Å². The predicted octanol–water partition coefficient (Wildman–Crippen LogP) is 0.975. The molecule has 0 amide bonds. The van der Waals surface area contributed by atoms with Crippen LogP contribution in [0.15, 0.2) is 0 Å². The Kier molecular flexibility index (Phi) is 2.82. The highest BCUT2D eigenvalue weighted by Gasteiger charge is 2.17. The van der Waals surface area contributed by atoms with Gasteiger partial charge in [0.15, 0.2) is 0 Å². The summed E-state index contributed by atoms with van der Waals surface area (Å²) in [5, 5.41) is 0. The number of rotatable bonds is 2. The van der Waals surface area contributed by atoms with Crippen LogP contribution in [-0.4, -0.2) is 17.1 Å². The summed E-state index contributed by atoms with van der Waals surface area (Å²) in [6.45, 7) is 5.54. The molecule has 0 rings (SSSR count). The molecule has 0 heterocycles. The van der Waals surface area contributed by atoms with Gasteiger partial charge in [-0.2, -0.15) is 4.21 Å². The van der Waals surface area contributed by atoms with Crippen molar-refractivity contribution in [3.05, 3.63) is 0 Å². The molecule has 0 aliphatic carbocycles. The summed E-state index contributed by atoms with van der Waals surface area (Å²) in [7, 11) is -1.77. The fourth-order valence-electron chi connectivity index (χ4n) is 0.214. The topological polar surface area (TPSA) is 46.5 Å². The normalized spacial score (nSPS) is 16.0. The van der Waals surface area contributed by atoms with Crippen molar-refractivity contribution in [3.63, 3.8) is 0 Å². The zero-order valence-corrected chi connectivity index (χ0v) is 6.99. The Bertz CT molecular complexity index is 97.2. The van der Waals surface area contributed by atoms with Crippen molar-refractivity contribution in [2.45, 2.75) is 19.6 Å². The van der Waals surface area contributed by atoms with Gasteiger partial charge < -0.3 is 3.87 Å². The van der Waals surface area contributed by atoms with Crippen LogP contribution in [0, 0.1) is 0 Å². The smallest absolute Gasteiger partial charge is 0.291 e. The molecule has 3 nitrogen and oxygen atoms in total. The lowest BCUT2D eigenvalue weighted by Gasteiger charge is -2.11. The third-order valence-corrected chi connectivity index (χ3v) is 2.89. The highest BCUT2D eigenvalue weighted by atomic mass is 32.2. The van der Waals surface area contributed by atoms with Gasteiger partial charge in [0, 0.05) is 0 Å². The van der Waals surface area contributed by atoms with E-state index in [1.165, 1.54) is 0 Å². The lowest BCUT2D eigenvalue weighted by Crippen LogP contribution is -2.25. The zero-order valence-electron chi connectivity index (χ0n) is 5.17. The van der Waals surface area contributed by atoms with E-state index in [1.807, 2.05) is 19.6 Å². The van der Waals surface area contributed by atoms with Gasteiger partial charge in [0.1, 0.15) is 0 Å². The van der Waals surface area contributed by atoms with E-state index in [1.54, 1.807) is 0 Å². The summed E-state index contributed by atoms with van der Waals surface area (Å²) in [5.74, 6) is 0. The summed E-state index contributed by atoms with van der Waals surface area (Å²) in [5.41, 5.74) is 0. The Morgan fingerprint density at radius 2 is 1.88 bits per heavy atom. The predicted molar refractivity (Wildman–Crippen MR) is 35.2 cm³/mol. The lowest BCUT2D eigenvalue weighted by molar-refractivity contribution is 0.457. The lowest BCUT2D eigenvalue weighted by atomic mass is 11.8. The maximum atomic E-state index is 9.94. The van der Waals surface area contributed by atoms with Crippen molar-refractivity contribution >= 4 is 19.7 Å². The number of hydrogen-bond donors (Lipinski definition) is 1. The Labute approximate surface area is 52.7 Å². The van der Waals surface area contributed by atoms with Crippen LogP contribution >= 0.6 is 0 Å². The van der Waals surface area contributed by atoms with Crippen molar-refractivity contribution in [2.24, 2.45) is 0 Å². The molecule has 8 heavy (non-hydrogen) atoms. The summed E-state index contributed by atoms with van der Waals surface area (Å²) in [6, 6.07) is 0. The molecule has 0 aromatic heterocycles. The SMILES string of the molecule is C[Si](C)(C)OS(=O)O. The fourth-order valence-corrected chi connectivity index (χ4v) is 1.92. The first-order chi connectivity index (χ1) is 3.42. The molecule has 0 aliphatic heterocycles. The highest BCUT2D eigenvalue weighted by molar-refractivity contribution is 7.75. The van der Waals surface area contributed by atoms with Crippen LogP contribution in [-0.2, 0) is 15.2 Å². The van der Waals surface area contributed by atoms with Gasteiger partial charge in [-0.3, -0.25) is 4.55 Å². The van der Waals surface area contributed by atoms with Crippen LogP contribution in [0.3, 0.4) is 0 Å². The third kappa shape index (κ3) is 6.29. The van der Waals surface area contributed by atoms with Gasteiger partial charge in [-0.15, -0.1) is 0 Å². The van der Waals surface area contributed by atoms with Crippen LogP contribution in [0.4, 0.5) is 0 Å². The van der Waals surface area contributed by atoms with E-state index in [4.69, 9.17) is 4.55 Å². The van der Waals surface area contributed by atoms with Gasteiger partial charge in [0.05, 0.1) is 0 Å². The minimum absolute atomic E-state index is 1.77. The van der Waals surface area contributed by atoms with Gasteiger partial charge in [-0.1, -0.05) is 0 Å². The molecule has 1 unspecified atom stereocenters. The average Bonchev–Trinajstić information content (AvgIpc) is 1.21. The quantitative estimate of drug-likeness (QED) is 0.476. The molecule has 0 radical (unpaired) electrons. The first-order valence-corrected chi connectivity index (χ1v) is 6.66. The van der Waals surface area contributed by atoms with Crippen LogP contribution in [0.2, 0.25) is 19.6 Å². The Morgan fingerprint density at radius 1 is 1.50 bits per heavy atom. The van der Waals surface area contributed by atoms with Crippen molar-refractivity contribution in [2.75, 3.05) is 0 Å². The second-order valence-corrected chi connectivity index (χ2v) is 7.74. The van der Waals surface area contributed by atoms with Gasteiger partial charge in [-0.25, -0.2) is 0 Å². The second-order valence-electron chi connectivity index (χ2n) is 2.41. The first kappa shape index (κ1) is 8.29. The molecule has 1 N–H and O–H groups in total. The van der Waals surface area contributed by atoms with Crippen LogP contribution in [0.5, 0.6) is 0 Å². The molecule has 0 saturated carbocycles. The maximum absolute atomic E-state index is 9.94. The molecule has 50 valence electrons. The monoisotopic (exact) mass is 154 g/mol. The molecule has 0 fully saturated rings. The van der Waals surface area contributed by atoms with Gasteiger partial charge >= 0.3 is 0 Å². The molecule has 0 spiro atoms. The zero-order chi connectivity index (χ0) is 6.78. The first-order valence-electron chi connectivity index (χ1n) is 2.22. The van der Waals surface area contributed by atoms with Gasteiger partial charge in [0.25, 0.3) is 11.4 Å². The van der Waals surface area contributed by atoms with E-state index in [-0.39, 0.29) is 0 Å². The van der Waals surface area contributed by atoms with Crippen molar-refractivity contribution in [1.29, 1.82) is 0 Å². The highest BCUT2D eigenvalue weighted by Crippen LogP contribution is 2.02. The van der Waals surface area contributed by atoms with Gasteiger partial charge in [0.2, 0.25) is 8.32 Å². The largest absolute Gasteiger partial charge is 0.314 e. The summed E-state index contributed by atoms with van der Waals surface area (Å²) in [6.07, 6.45) is 0.